The Morgan fingerprint density at radius 1 is 1.11 bits per heavy atom. The lowest BCUT2D eigenvalue weighted by molar-refractivity contribution is -0.130. The van der Waals surface area contributed by atoms with Crippen molar-refractivity contribution in [1.82, 2.24) is 9.88 Å². The fourth-order valence-corrected chi connectivity index (χ4v) is 5.37. The molecular weight excluding hydrogens is 512 g/mol. The summed E-state index contributed by atoms with van der Waals surface area (Å²) >= 11 is 5.88. The quantitative estimate of drug-likeness (QED) is 0.437. The highest BCUT2D eigenvalue weighted by atomic mass is 35.5. The zero-order valence-electron chi connectivity index (χ0n) is 20.8. The van der Waals surface area contributed by atoms with Crippen LogP contribution in [0.3, 0.4) is 0 Å². The number of carbonyl (C=O) groups excluding carboxylic acids is 4. The summed E-state index contributed by atoms with van der Waals surface area (Å²) in [4.78, 5) is 57.3. The summed E-state index contributed by atoms with van der Waals surface area (Å²) in [6.45, 7) is 0.776. The van der Waals surface area contributed by atoms with E-state index in [-0.39, 0.29) is 57.6 Å². The van der Waals surface area contributed by atoms with Gasteiger partial charge in [0.2, 0.25) is 17.6 Å². The van der Waals surface area contributed by atoms with Gasteiger partial charge in [-0.1, -0.05) is 17.7 Å². The van der Waals surface area contributed by atoms with Gasteiger partial charge in [-0.3, -0.25) is 14.4 Å². The molecule has 1 saturated carbocycles. The van der Waals surface area contributed by atoms with Crippen LogP contribution in [0.4, 0.5) is 11.5 Å². The van der Waals surface area contributed by atoms with Gasteiger partial charge in [0.05, 0.1) is 23.1 Å². The van der Waals surface area contributed by atoms with E-state index in [4.69, 9.17) is 20.8 Å². The van der Waals surface area contributed by atoms with Gasteiger partial charge in [0.1, 0.15) is 17.1 Å². The summed E-state index contributed by atoms with van der Waals surface area (Å²) in [6, 6.07) is 8.01. The molecule has 0 unspecified atom stereocenters. The standard InChI is InChI=1S/C27H27ClN4O6/c1-37-27(36)18-4-2-5-19-22(18)23(24(38-19)26(35)30-20-12-9-16(28)14-29-20)31-25(34)15-7-10-17(11-8-15)32-13-3-6-21(32)33/h2,4-5,9,12,14-15,17H,3,6-8,10-11,13H2,1H3,(H,31,34)(H,29,30,35). The minimum Gasteiger partial charge on any atom is -0.465 e. The molecule has 1 aliphatic carbocycles. The van der Waals surface area contributed by atoms with Crippen LogP contribution in [0.1, 0.15) is 59.4 Å². The Kier molecular flexibility index (Phi) is 7.33. The van der Waals surface area contributed by atoms with E-state index in [0.717, 1.165) is 25.8 Å². The maximum absolute atomic E-state index is 13.4. The smallest absolute Gasteiger partial charge is 0.338 e. The van der Waals surface area contributed by atoms with Gasteiger partial charge >= 0.3 is 5.97 Å². The minimum absolute atomic E-state index is 0.0920. The van der Waals surface area contributed by atoms with E-state index in [1.807, 2.05) is 4.90 Å². The number of carbonyl (C=O) groups is 4. The molecule has 0 radical (unpaired) electrons. The molecule has 2 aromatic heterocycles. The highest BCUT2D eigenvalue weighted by molar-refractivity contribution is 6.30. The molecule has 0 bridgehead atoms. The van der Waals surface area contributed by atoms with Crippen LogP contribution in [0.2, 0.25) is 5.02 Å². The zero-order chi connectivity index (χ0) is 26.8. The number of methoxy groups -OCH3 is 1. The molecule has 5 rings (SSSR count). The van der Waals surface area contributed by atoms with Crippen LogP contribution in [-0.4, -0.2) is 53.3 Å². The molecule has 1 aromatic carbocycles. The summed E-state index contributed by atoms with van der Waals surface area (Å²) in [6.07, 6.45) is 5.54. The molecule has 198 valence electrons. The van der Waals surface area contributed by atoms with Gasteiger partial charge in [-0.05, 0) is 56.4 Å². The molecule has 1 aliphatic heterocycles. The minimum atomic E-state index is -0.654. The molecule has 38 heavy (non-hydrogen) atoms. The Bertz CT molecular complexity index is 1390. The summed E-state index contributed by atoms with van der Waals surface area (Å²) < 4.78 is 10.8. The number of benzene rings is 1. The molecule has 2 fully saturated rings. The topological polar surface area (TPSA) is 131 Å². The Morgan fingerprint density at radius 3 is 2.55 bits per heavy atom. The number of fused-ring (bicyclic) bond motifs is 1. The maximum Gasteiger partial charge on any atom is 0.338 e. The summed E-state index contributed by atoms with van der Waals surface area (Å²) in [5.41, 5.74) is 0.493. The highest BCUT2D eigenvalue weighted by Crippen LogP contribution is 2.37. The molecule has 0 spiro atoms. The van der Waals surface area contributed by atoms with Crippen LogP contribution in [0.15, 0.2) is 40.9 Å². The number of amides is 3. The average Bonchev–Trinajstić information content (AvgIpc) is 3.53. The number of likely N-dealkylation sites (tertiary alicyclic amines) is 1. The molecule has 2 aliphatic rings. The van der Waals surface area contributed by atoms with E-state index in [1.54, 1.807) is 24.3 Å². The van der Waals surface area contributed by atoms with E-state index in [1.165, 1.54) is 19.4 Å². The lowest BCUT2D eigenvalue weighted by atomic mass is 9.84. The third kappa shape index (κ3) is 5.08. The third-order valence-corrected chi connectivity index (χ3v) is 7.39. The van der Waals surface area contributed by atoms with Crippen molar-refractivity contribution < 1.29 is 28.3 Å². The van der Waals surface area contributed by atoms with Crippen molar-refractivity contribution in [3.8, 4) is 0 Å². The lowest BCUT2D eigenvalue weighted by Crippen LogP contribution is -2.40. The number of hydrogen-bond donors (Lipinski definition) is 2. The number of aromatic nitrogens is 1. The van der Waals surface area contributed by atoms with E-state index >= 15 is 0 Å². The second-order valence-corrected chi connectivity index (χ2v) is 9.91. The van der Waals surface area contributed by atoms with Gasteiger partial charge < -0.3 is 24.7 Å². The number of hydrogen-bond acceptors (Lipinski definition) is 7. The van der Waals surface area contributed by atoms with E-state index in [2.05, 4.69) is 15.6 Å². The third-order valence-electron chi connectivity index (χ3n) is 7.16. The molecule has 2 N–H and O–H groups in total. The average molecular weight is 539 g/mol. The molecule has 3 heterocycles. The summed E-state index contributed by atoms with van der Waals surface area (Å²) in [5, 5.41) is 6.19. The van der Waals surface area contributed by atoms with Crippen molar-refractivity contribution in [3.63, 3.8) is 0 Å². The number of furan rings is 1. The molecule has 0 atom stereocenters. The maximum atomic E-state index is 13.4. The molecule has 3 aromatic rings. The van der Waals surface area contributed by atoms with E-state index in [9.17, 15) is 19.2 Å². The first-order valence-electron chi connectivity index (χ1n) is 12.5. The lowest BCUT2D eigenvalue weighted by Gasteiger charge is -2.34. The van der Waals surface area contributed by atoms with Crippen molar-refractivity contribution in [2.45, 2.75) is 44.6 Å². The first kappa shape index (κ1) is 25.7. The van der Waals surface area contributed by atoms with Gasteiger partial charge in [0.25, 0.3) is 5.91 Å². The number of nitrogens with one attached hydrogen (secondary N) is 2. The van der Waals surface area contributed by atoms with Crippen molar-refractivity contribution in [3.05, 3.63) is 52.9 Å². The fourth-order valence-electron chi connectivity index (χ4n) is 5.26. The Hall–Kier alpha value is -3.92. The van der Waals surface area contributed by atoms with Crippen LogP contribution in [0, 0.1) is 5.92 Å². The van der Waals surface area contributed by atoms with Crippen molar-refractivity contribution >= 4 is 57.8 Å². The summed E-state index contributed by atoms with van der Waals surface area (Å²) in [7, 11) is 1.25. The monoisotopic (exact) mass is 538 g/mol. The van der Waals surface area contributed by atoms with Gasteiger partial charge in [-0.25, -0.2) is 9.78 Å². The molecule has 11 heteroatoms. The van der Waals surface area contributed by atoms with E-state index < -0.39 is 11.9 Å². The van der Waals surface area contributed by atoms with Crippen LogP contribution in [-0.2, 0) is 14.3 Å². The van der Waals surface area contributed by atoms with Gasteiger partial charge in [-0.15, -0.1) is 0 Å². The van der Waals surface area contributed by atoms with Gasteiger partial charge in [0.15, 0.2) is 0 Å². The first-order chi connectivity index (χ1) is 18.4. The number of esters is 1. The van der Waals surface area contributed by atoms with Crippen LogP contribution in [0.5, 0.6) is 0 Å². The number of rotatable bonds is 6. The first-order valence-corrected chi connectivity index (χ1v) is 12.9. The normalized spacial score (nSPS) is 19.4. The molecule has 3 amide bonds. The van der Waals surface area contributed by atoms with Crippen LogP contribution in [0.25, 0.3) is 11.0 Å². The molecule has 1 saturated heterocycles. The SMILES string of the molecule is COC(=O)c1cccc2oc(C(=O)Nc3ccc(Cl)cn3)c(NC(=O)C3CCC(N4CCCC4=O)CC3)c12. The van der Waals surface area contributed by atoms with Gasteiger partial charge in [0, 0.05) is 31.1 Å². The predicted octanol–water partition coefficient (Wildman–Crippen LogP) is 4.64. The Labute approximate surface area is 223 Å². The number of ether oxygens (including phenoxy) is 1. The fraction of sp³-hybridized carbons (Fsp3) is 0.370. The second-order valence-electron chi connectivity index (χ2n) is 9.48. The number of halogens is 1. The predicted molar refractivity (Wildman–Crippen MR) is 140 cm³/mol. The zero-order valence-corrected chi connectivity index (χ0v) is 21.5. The van der Waals surface area contributed by atoms with Crippen molar-refractivity contribution in [1.29, 1.82) is 0 Å². The molecule has 10 nitrogen and oxygen atoms in total. The highest BCUT2D eigenvalue weighted by Gasteiger charge is 2.35. The largest absolute Gasteiger partial charge is 0.465 e. The Balaban J connectivity index is 1.42. The van der Waals surface area contributed by atoms with Crippen molar-refractivity contribution in [2.75, 3.05) is 24.3 Å². The Morgan fingerprint density at radius 2 is 1.89 bits per heavy atom. The summed E-state index contributed by atoms with van der Waals surface area (Å²) in [5.74, 6) is -1.63. The van der Waals surface area contributed by atoms with Crippen LogP contribution >= 0.6 is 11.6 Å². The second kappa shape index (κ2) is 10.8. The number of pyridine rings is 1. The van der Waals surface area contributed by atoms with Gasteiger partial charge in [-0.2, -0.15) is 0 Å². The number of anilines is 2. The number of nitrogens with zero attached hydrogens (tertiary/aromatic N) is 2. The molecular formula is C27H27ClN4O6. The van der Waals surface area contributed by atoms with E-state index in [0.29, 0.717) is 24.3 Å². The van der Waals surface area contributed by atoms with Crippen molar-refractivity contribution in [2.24, 2.45) is 5.92 Å². The van der Waals surface area contributed by atoms with Crippen LogP contribution < -0.4 is 10.6 Å².